The number of rotatable bonds is 7. The van der Waals surface area contributed by atoms with Gasteiger partial charge in [0.15, 0.2) is 18.1 Å². The van der Waals surface area contributed by atoms with Crippen molar-refractivity contribution in [1.29, 1.82) is 0 Å². The molecule has 1 fully saturated rings. The summed E-state index contributed by atoms with van der Waals surface area (Å²) in [4.78, 5) is 24.0. The molecule has 0 radical (unpaired) electrons. The highest BCUT2D eigenvalue weighted by Crippen LogP contribution is 2.29. The van der Waals surface area contributed by atoms with E-state index in [1.807, 2.05) is 0 Å². The molecule has 6 nitrogen and oxygen atoms in total. The van der Waals surface area contributed by atoms with Crippen molar-refractivity contribution in [3.8, 4) is 11.5 Å². The van der Waals surface area contributed by atoms with Crippen LogP contribution in [0.4, 0.5) is 8.78 Å². The third-order valence-electron chi connectivity index (χ3n) is 4.41. The maximum atomic E-state index is 12.3. The number of benzene rings is 1. The summed E-state index contributed by atoms with van der Waals surface area (Å²) < 4.78 is 38.8. The van der Waals surface area contributed by atoms with Gasteiger partial charge in [-0.25, -0.2) is 4.79 Å². The fourth-order valence-corrected chi connectivity index (χ4v) is 2.98. The van der Waals surface area contributed by atoms with Gasteiger partial charge >= 0.3 is 12.6 Å². The highest BCUT2D eigenvalue weighted by atomic mass is 19.3. The Hall–Kier alpha value is -2.38. The maximum Gasteiger partial charge on any atom is 0.387 e. The summed E-state index contributed by atoms with van der Waals surface area (Å²) in [7, 11) is 1.27. The van der Waals surface area contributed by atoms with Crippen molar-refractivity contribution >= 4 is 11.9 Å². The lowest BCUT2D eigenvalue weighted by Gasteiger charge is -2.29. The molecule has 2 rings (SSSR count). The Morgan fingerprint density at radius 2 is 1.96 bits per heavy atom. The van der Waals surface area contributed by atoms with Gasteiger partial charge in [-0.15, -0.1) is 0 Å². The SMILES string of the molecule is COc1cc(C(=O)OCC(=O)NC2CCCCC2C)ccc1OC(F)F. The minimum atomic E-state index is -3.01. The fourth-order valence-electron chi connectivity index (χ4n) is 2.98. The topological polar surface area (TPSA) is 73.9 Å². The lowest BCUT2D eigenvalue weighted by molar-refractivity contribution is -0.125. The summed E-state index contributed by atoms with van der Waals surface area (Å²) in [5, 5.41) is 2.88. The Morgan fingerprint density at radius 1 is 1.23 bits per heavy atom. The van der Waals surface area contributed by atoms with E-state index in [2.05, 4.69) is 17.0 Å². The Balaban J connectivity index is 1.89. The van der Waals surface area contributed by atoms with E-state index in [1.54, 1.807) is 0 Å². The predicted molar refractivity (Wildman–Crippen MR) is 89.5 cm³/mol. The van der Waals surface area contributed by atoms with Gasteiger partial charge in [0.25, 0.3) is 5.91 Å². The van der Waals surface area contributed by atoms with Gasteiger partial charge in [-0.2, -0.15) is 8.78 Å². The van der Waals surface area contributed by atoms with Gasteiger partial charge in [0, 0.05) is 6.04 Å². The van der Waals surface area contributed by atoms with E-state index in [4.69, 9.17) is 9.47 Å². The number of alkyl halides is 2. The second-order valence-corrected chi connectivity index (χ2v) is 6.26. The molecule has 26 heavy (non-hydrogen) atoms. The van der Waals surface area contributed by atoms with Crippen molar-refractivity contribution in [3.05, 3.63) is 23.8 Å². The average molecular weight is 371 g/mol. The highest BCUT2D eigenvalue weighted by Gasteiger charge is 2.23. The minimum absolute atomic E-state index is 0.0276. The Bertz CT molecular complexity index is 638. The van der Waals surface area contributed by atoms with Crippen molar-refractivity contribution in [2.45, 2.75) is 45.3 Å². The molecular formula is C18H23F2NO5. The molecule has 144 valence electrons. The summed E-state index contributed by atoms with van der Waals surface area (Å²) in [6, 6.07) is 3.77. The van der Waals surface area contributed by atoms with Crippen LogP contribution in [-0.4, -0.2) is 38.2 Å². The number of ether oxygens (including phenoxy) is 3. The van der Waals surface area contributed by atoms with E-state index in [-0.39, 0.29) is 29.0 Å². The second-order valence-electron chi connectivity index (χ2n) is 6.26. The lowest BCUT2D eigenvalue weighted by Crippen LogP contribution is -2.42. The zero-order chi connectivity index (χ0) is 19.1. The molecule has 0 spiro atoms. The van der Waals surface area contributed by atoms with Crippen LogP contribution in [0.25, 0.3) is 0 Å². The second kappa shape index (κ2) is 9.35. The Morgan fingerprint density at radius 3 is 2.62 bits per heavy atom. The number of carbonyl (C=O) groups is 2. The van der Waals surface area contributed by atoms with Crippen LogP contribution in [-0.2, 0) is 9.53 Å². The summed E-state index contributed by atoms with van der Waals surface area (Å²) in [6.45, 7) is -1.32. The molecule has 0 aliphatic heterocycles. The molecule has 0 bridgehead atoms. The first-order valence-corrected chi connectivity index (χ1v) is 8.50. The van der Waals surface area contributed by atoms with Crippen LogP contribution in [0.3, 0.4) is 0 Å². The number of amides is 1. The Labute approximate surface area is 150 Å². The predicted octanol–water partition coefficient (Wildman–Crippen LogP) is 3.15. The number of esters is 1. The van der Waals surface area contributed by atoms with Gasteiger partial charge in [0.1, 0.15) is 0 Å². The largest absolute Gasteiger partial charge is 0.493 e. The van der Waals surface area contributed by atoms with E-state index in [9.17, 15) is 18.4 Å². The molecule has 1 amide bonds. The molecule has 0 heterocycles. The van der Waals surface area contributed by atoms with Gasteiger partial charge in [0.2, 0.25) is 0 Å². The number of methoxy groups -OCH3 is 1. The third-order valence-corrected chi connectivity index (χ3v) is 4.41. The van der Waals surface area contributed by atoms with E-state index < -0.39 is 19.2 Å². The van der Waals surface area contributed by atoms with Crippen molar-refractivity contribution in [2.75, 3.05) is 13.7 Å². The van der Waals surface area contributed by atoms with Crippen molar-refractivity contribution in [1.82, 2.24) is 5.32 Å². The number of halogens is 2. The first-order valence-electron chi connectivity index (χ1n) is 8.50. The van der Waals surface area contributed by atoms with Gasteiger partial charge < -0.3 is 19.5 Å². The molecule has 0 saturated heterocycles. The van der Waals surface area contributed by atoms with Crippen LogP contribution in [0.15, 0.2) is 18.2 Å². The van der Waals surface area contributed by atoms with E-state index in [1.165, 1.54) is 25.3 Å². The third kappa shape index (κ3) is 5.57. The molecule has 0 aromatic heterocycles. The minimum Gasteiger partial charge on any atom is -0.493 e. The maximum absolute atomic E-state index is 12.3. The zero-order valence-electron chi connectivity index (χ0n) is 14.8. The molecule has 8 heteroatoms. The standard InChI is InChI=1S/C18H23F2NO5/c1-11-5-3-4-6-13(11)21-16(22)10-25-17(23)12-7-8-14(26-18(19)20)15(9-12)24-2/h7-9,11,13,18H,3-6,10H2,1-2H3,(H,21,22). The smallest absolute Gasteiger partial charge is 0.387 e. The lowest BCUT2D eigenvalue weighted by atomic mass is 9.86. The average Bonchev–Trinajstić information content (AvgIpc) is 2.61. The summed E-state index contributed by atoms with van der Waals surface area (Å²) >= 11 is 0. The number of hydrogen-bond acceptors (Lipinski definition) is 5. The van der Waals surface area contributed by atoms with Crippen molar-refractivity contribution < 1.29 is 32.6 Å². The van der Waals surface area contributed by atoms with Gasteiger partial charge in [-0.3, -0.25) is 4.79 Å². The summed E-state index contributed by atoms with van der Waals surface area (Å²) in [5.74, 6) is -0.932. The van der Waals surface area contributed by atoms with Crippen LogP contribution in [0.5, 0.6) is 11.5 Å². The molecule has 1 aliphatic carbocycles. The van der Waals surface area contributed by atoms with E-state index >= 15 is 0 Å². The number of nitrogens with one attached hydrogen (secondary N) is 1. The van der Waals surface area contributed by atoms with Crippen LogP contribution in [0.1, 0.15) is 43.0 Å². The van der Waals surface area contributed by atoms with Crippen LogP contribution in [0, 0.1) is 5.92 Å². The van der Waals surface area contributed by atoms with E-state index in [0.717, 1.165) is 25.7 Å². The summed E-state index contributed by atoms with van der Waals surface area (Å²) in [6.07, 6.45) is 4.22. The molecular weight excluding hydrogens is 348 g/mol. The summed E-state index contributed by atoms with van der Waals surface area (Å²) in [5.41, 5.74) is 0.0716. The highest BCUT2D eigenvalue weighted by molar-refractivity contribution is 5.92. The number of hydrogen-bond donors (Lipinski definition) is 1. The molecule has 1 aliphatic rings. The zero-order valence-corrected chi connectivity index (χ0v) is 14.8. The molecule has 2 atom stereocenters. The van der Waals surface area contributed by atoms with Crippen molar-refractivity contribution in [3.63, 3.8) is 0 Å². The quantitative estimate of drug-likeness (QED) is 0.746. The van der Waals surface area contributed by atoms with Crippen LogP contribution in [0.2, 0.25) is 0 Å². The first-order chi connectivity index (χ1) is 12.4. The Kier molecular flexibility index (Phi) is 7.17. The normalized spacial score (nSPS) is 19.7. The van der Waals surface area contributed by atoms with Gasteiger partial charge in [-0.1, -0.05) is 19.8 Å². The van der Waals surface area contributed by atoms with Gasteiger partial charge in [0.05, 0.1) is 12.7 Å². The number of carbonyl (C=O) groups excluding carboxylic acids is 2. The van der Waals surface area contributed by atoms with Crippen molar-refractivity contribution in [2.24, 2.45) is 5.92 Å². The molecule has 2 unspecified atom stereocenters. The monoisotopic (exact) mass is 371 g/mol. The molecule has 1 aromatic carbocycles. The molecule has 1 N–H and O–H groups in total. The van der Waals surface area contributed by atoms with Crippen LogP contribution >= 0.6 is 0 Å². The van der Waals surface area contributed by atoms with Gasteiger partial charge in [-0.05, 0) is 37.0 Å². The molecule has 1 saturated carbocycles. The first kappa shape index (κ1) is 19.9. The fraction of sp³-hybridized carbons (Fsp3) is 0.556. The van der Waals surface area contributed by atoms with Crippen LogP contribution < -0.4 is 14.8 Å². The molecule has 1 aromatic rings. The van der Waals surface area contributed by atoms with E-state index in [0.29, 0.717) is 5.92 Å².